The molecule has 0 bridgehead atoms. The van der Waals surface area contributed by atoms with Crippen molar-refractivity contribution in [3.05, 3.63) is 20.8 Å². The lowest BCUT2D eigenvalue weighted by Crippen LogP contribution is -2.34. The monoisotopic (exact) mass is 263 g/mol. The fourth-order valence-corrected chi connectivity index (χ4v) is 2.68. The summed E-state index contributed by atoms with van der Waals surface area (Å²) in [5.41, 5.74) is 0.190. The van der Waals surface area contributed by atoms with Crippen LogP contribution < -0.4 is 16.1 Å². The van der Waals surface area contributed by atoms with E-state index in [1.165, 1.54) is 4.57 Å². The normalized spacial score (nSPS) is 14.9. The molecular formula is C12H17N5O2. The van der Waals surface area contributed by atoms with E-state index in [2.05, 4.69) is 21.8 Å². The summed E-state index contributed by atoms with van der Waals surface area (Å²) in [6.07, 6.45) is 2.01. The SMILES string of the molecule is CCCN1CCCn2c1nc1c2c(=O)[nH]c(=O)n1C. The maximum atomic E-state index is 12.0. The highest BCUT2D eigenvalue weighted by Gasteiger charge is 2.23. The van der Waals surface area contributed by atoms with Gasteiger partial charge >= 0.3 is 5.69 Å². The minimum atomic E-state index is -0.421. The number of fused-ring (bicyclic) bond motifs is 3. The second-order valence-corrected chi connectivity index (χ2v) is 4.89. The number of aromatic nitrogens is 4. The fourth-order valence-electron chi connectivity index (χ4n) is 2.68. The summed E-state index contributed by atoms with van der Waals surface area (Å²) in [5, 5.41) is 0. The molecule has 0 radical (unpaired) electrons. The van der Waals surface area contributed by atoms with Gasteiger partial charge in [-0.2, -0.15) is 4.98 Å². The molecule has 102 valence electrons. The van der Waals surface area contributed by atoms with Crippen molar-refractivity contribution in [3.8, 4) is 0 Å². The van der Waals surface area contributed by atoms with Gasteiger partial charge in [0.2, 0.25) is 5.95 Å². The Morgan fingerprint density at radius 3 is 2.84 bits per heavy atom. The number of hydrogen-bond acceptors (Lipinski definition) is 4. The van der Waals surface area contributed by atoms with Crippen molar-refractivity contribution in [2.45, 2.75) is 26.3 Å². The molecule has 0 spiro atoms. The van der Waals surface area contributed by atoms with Crippen LogP contribution in [0.15, 0.2) is 9.59 Å². The Morgan fingerprint density at radius 1 is 1.32 bits per heavy atom. The van der Waals surface area contributed by atoms with Crippen LogP contribution in [0.25, 0.3) is 11.2 Å². The predicted molar refractivity (Wildman–Crippen MR) is 72.7 cm³/mol. The smallest absolute Gasteiger partial charge is 0.329 e. The molecule has 0 fully saturated rings. The highest BCUT2D eigenvalue weighted by Crippen LogP contribution is 2.23. The first kappa shape index (κ1) is 12.0. The van der Waals surface area contributed by atoms with Crippen molar-refractivity contribution >= 4 is 17.1 Å². The topological polar surface area (TPSA) is 75.9 Å². The van der Waals surface area contributed by atoms with Gasteiger partial charge in [-0.25, -0.2) is 4.79 Å². The molecule has 0 aromatic carbocycles. The summed E-state index contributed by atoms with van der Waals surface area (Å²) in [6, 6.07) is 0. The Bertz CT molecular complexity index is 739. The third kappa shape index (κ3) is 1.68. The van der Waals surface area contributed by atoms with Crippen molar-refractivity contribution in [3.63, 3.8) is 0 Å². The van der Waals surface area contributed by atoms with Gasteiger partial charge in [0.25, 0.3) is 5.56 Å². The number of rotatable bonds is 2. The molecule has 0 atom stereocenters. The van der Waals surface area contributed by atoms with Gasteiger partial charge in [0.05, 0.1) is 0 Å². The summed E-state index contributed by atoms with van der Waals surface area (Å²) < 4.78 is 3.32. The van der Waals surface area contributed by atoms with Crippen molar-refractivity contribution < 1.29 is 0 Å². The van der Waals surface area contributed by atoms with Crippen molar-refractivity contribution in [2.24, 2.45) is 7.05 Å². The zero-order valence-electron chi connectivity index (χ0n) is 11.1. The Labute approximate surface area is 109 Å². The fraction of sp³-hybridized carbons (Fsp3) is 0.583. The van der Waals surface area contributed by atoms with E-state index in [0.29, 0.717) is 11.2 Å². The molecule has 19 heavy (non-hydrogen) atoms. The van der Waals surface area contributed by atoms with Crippen LogP contribution in [0.2, 0.25) is 0 Å². The number of anilines is 1. The van der Waals surface area contributed by atoms with E-state index in [4.69, 9.17) is 0 Å². The Kier molecular flexibility index (Phi) is 2.69. The average Bonchev–Trinajstić information content (AvgIpc) is 2.77. The largest absolute Gasteiger partial charge is 0.342 e. The Morgan fingerprint density at radius 2 is 2.11 bits per heavy atom. The molecule has 0 saturated carbocycles. The third-order valence-corrected chi connectivity index (χ3v) is 3.57. The van der Waals surface area contributed by atoms with Crippen LogP contribution in [0.1, 0.15) is 19.8 Å². The Hall–Kier alpha value is -2.05. The first-order valence-electron chi connectivity index (χ1n) is 6.58. The number of hydrogen-bond donors (Lipinski definition) is 1. The lowest BCUT2D eigenvalue weighted by Gasteiger charge is -2.28. The van der Waals surface area contributed by atoms with Gasteiger partial charge in [-0.15, -0.1) is 0 Å². The van der Waals surface area contributed by atoms with Crippen LogP contribution in [0, 0.1) is 0 Å². The molecular weight excluding hydrogens is 246 g/mol. The van der Waals surface area contributed by atoms with Crippen LogP contribution in [0.4, 0.5) is 5.95 Å². The number of aryl methyl sites for hydroxylation is 2. The van der Waals surface area contributed by atoms with Gasteiger partial charge < -0.3 is 9.47 Å². The van der Waals surface area contributed by atoms with E-state index < -0.39 is 5.69 Å². The Balaban J connectivity index is 2.33. The van der Waals surface area contributed by atoms with Gasteiger partial charge in [0.1, 0.15) is 0 Å². The van der Waals surface area contributed by atoms with Crippen LogP contribution in [-0.4, -0.2) is 32.2 Å². The van der Waals surface area contributed by atoms with Gasteiger partial charge in [0.15, 0.2) is 11.2 Å². The van der Waals surface area contributed by atoms with Crippen LogP contribution in [0.5, 0.6) is 0 Å². The number of imidazole rings is 1. The van der Waals surface area contributed by atoms with E-state index in [1.54, 1.807) is 7.05 Å². The van der Waals surface area contributed by atoms with Gasteiger partial charge in [-0.1, -0.05) is 6.92 Å². The molecule has 1 aliphatic heterocycles. The van der Waals surface area contributed by atoms with Crippen LogP contribution in [-0.2, 0) is 13.6 Å². The molecule has 1 aliphatic rings. The minimum absolute atomic E-state index is 0.352. The second-order valence-electron chi connectivity index (χ2n) is 4.89. The number of nitrogens with zero attached hydrogens (tertiary/aromatic N) is 4. The molecule has 0 aliphatic carbocycles. The molecule has 0 unspecified atom stereocenters. The number of nitrogens with one attached hydrogen (secondary N) is 1. The first-order valence-corrected chi connectivity index (χ1v) is 6.58. The standard InChI is InChI=1S/C12H17N5O2/c1-3-5-16-6-4-7-17-8-9(13-11(16)17)15(2)12(19)14-10(8)18/h3-7H2,1-2H3,(H,14,18,19). The molecule has 0 amide bonds. The molecule has 2 aromatic rings. The first-order chi connectivity index (χ1) is 9.13. The zero-order chi connectivity index (χ0) is 13.6. The lowest BCUT2D eigenvalue weighted by atomic mass is 10.3. The van der Waals surface area contributed by atoms with Gasteiger partial charge in [-0.3, -0.25) is 14.3 Å². The number of aromatic amines is 1. The summed E-state index contributed by atoms with van der Waals surface area (Å²) in [7, 11) is 1.63. The van der Waals surface area contributed by atoms with Gasteiger partial charge in [0, 0.05) is 26.7 Å². The minimum Gasteiger partial charge on any atom is -0.342 e. The second kappa shape index (κ2) is 4.25. The van der Waals surface area contributed by atoms with E-state index in [9.17, 15) is 9.59 Å². The van der Waals surface area contributed by atoms with Gasteiger partial charge in [-0.05, 0) is 12.8 Å². The van der Waals surface area contributed by atoms with E-state index in [0.717, 1.165) is 38.4 Å². The van der Waals surface area contributed by atoms with Crippen LogP contribution >= 0.6 is 0 Å². The highest BCUT2D eigenvalue weighted by atomic mass is 16.2. The highest BCUT2D eigenvalue weighted by molar-refractivity contribution is 5.74. The maximum absolute atomic E-state index is 12.0. The average molecular weight is 263 g/mol. The number of H-pyrrole nitrogens is 1. The molecule has 0 saturated heterocycles. The molecule has 1 N–H and O–H groups in total. The molecule has 2 aromatic heterocycles. The van der Waals surface area contributed by atoms with E-state index in [1.807, 2.05) is 4.57 Å². The van der Waals surface area contributed by atoms with E-state index >= 15 is 0 Å². The summed E-state index contributed by atoms with van der Waals surface area (Å²) in [5.74, 6) is 0.801. The third-order valence-electron chi connectivity index (χ3n) is 3.57. The van der Waals surface area contributed by atoms with Crippen molar-refractivity contribution in [1.29, 1.82) is 0 Å². The quantitative estimate of drug-likeness (QED) is 0.830. The maximum Gasteiger partial charge on any atom is 0.329 e. The molecule has 3 rings (SSSR count). The molecule has 7 nitrogen and oxygen atoms in total. The summed E-state index contributed by atoms with van der Waals surface area (Å²) in [6.45, 7) is 4.75. The predicted octanol–water partition coefficient (Wildman–Crippen LogP) is 0.0434. The lowest BCUT2D eigenvalue weighted by molar-refractivity contribution is 0.562. The molecule has 7 heteroatoms. The van der Waals surface area contributed by atoms with Crippen LogP contribution in [0.3, 0.4) is 0 Å². The zero-order valence-corrected chi connectivity index (χ0v) is 11.1. The summed E-state index contributed by atoms with van der Waals surface area (Å²) >= 11 is 0. The molecule has 3 heterocycles. The van der Waals surface area contributed by atoms with E-state index in [-0.39, 0.29) is 5.56 Å². The summed E-state index contributed by atoms with van der Waals surface area (Å²) in [4.78, 5) is 32.6. The van der Waals surface area contributed by atoms with Crippen molar-refractivity contribution in [2.75, 3.05) is 18.0 Å². The van der Waals surface area contributed by atoms with Crippen molar-refractivity contribution in [1.82, 2.24) is 19.1 Å².